The molecule has 150 valence electrons. The van der Waals surface area contributed by atoms with E-state index in [1.165, 1.54) is 3.58 Å². The zero-order chi connectivity index (χ0) is 21.1. The molecule has 1 heterocycles. The molecule has 0 bridgehead atoms. The Kier molecular flexibility index (Phi) is 5.29. The van der Waals surface area contributed by atoms with Gasteiger partial charge in [-0.25, -0.2) is 0 Å². The number of benzene rings is 2. The Morgan fingerprint density at radius 2 is 1.64 bits per heavy atom. The SMILES string of the molecule is Cc1cc(O[Si](C)(C)C(C)(C)C)c2c(c1)oc(=O)c1cc[c]([Sn]([CH3])([CH3])[CH3])cc12. The van der Waals surface area contributed by atoms with Gasteiger partial charge < -0.3 is 0 Å². The van der Waals surface area contributed by atoms with Crippen molar-refractivity contribution in [1.29, 1.82) is 0 Å². The molecule has 1 aromatic heterocycles. The fourth-order valence-electron chi connectivity index (χ4n) is 3.13. The van der Waals surface area contributed by atoms with Gasteiger partial charge in [-0.05, 0) is 0 Å². The molecule has 0 saturated carbocycles. The van der Waals surface area contributed by atoms with Crippen LogP contribution in [0.5, 0.6) is 5.75 Å². The Hall–Kier alpha value is -1.27. The molecule has 2 aromatic carbocycles. The van der Waals surface area contributed by atoms with Crippen molar-refractivity contribution in [3.05, 3.63) is 46.3 Å². The second-order valence-corrected chi connectivity index (χ2v) is 29.6. The fourth-order valence-corrected chi connectivity index (χ4v) is 7.46. The Bertz CT molecular complexity index is 1120. The van der Waals surface area contributed by atoms with E-state index in [0.717, 1.165) is 22.1 Å². The molecular weight excluding hydrogens is 471 g/mol. The quantitative estimate of drug-likeness (QED) is 0.243. The topological polar surface area (TPSA) is 39.4 Å². The summed E-state index contributed by atoms with van der Waals surface area (Å²) in [5.41, 5.74) is 1.38. The standard InChI is InChI=1S/C20H23O3Si.3CH3.Sn/c1-13-11-16-18(14-9-7-8-10-15(14)19(21)22-16)17(12-13)23-24(5,6)20(2,3)4;;;;/h8-12H,1-6H3;3*1H3;. The first-order valence-electron chi connectivity index (χ1n) is 9.91. The molecule has 0 saturated heterocycles. The predicted octanol–water partition coefficient (Wildman–Crippen LogP) is 6.18. The number of rotatable bonds is 3. The summed E-state index contributed by atoms with van der Waals surface area (Å²) in [6, 6.07) is 10.3. The van der Waals surface area contributed by atoms with Crippen LogP contribution < -0.4 is 13.6 Å². The molecule has 0 aliphatic heterocycles. The van der Waals surface area contributed by atoms with Gasteiger partial charge in [0.1, 0.15) is 0 Å². The van der Waals surface area contributed by atoms with Crippen LogP contribution in [0.15, 0.2) is 39.5 Å². The van der Waals surface area contributed by atoms with Crippen LogP contribution in [0, 0.1) is 6.92 Å². The summed E-state index contributed by atoms with van der Waals surface area (Å²) >= 11 is -2.30. The molecular formula is C23H32O3SiSn. The third kappa shape index (κ3) is 3.90. The van der Waals surface area contributed by atoms with E-state index in [1.54, 1.807) is 0 Å². The van der Waals surface area contributed by atoms with Gasteiger partial charge in [0.2, 0.25) is 0 Å². The fraction of sp³-hybridized carbons (Fsp3) is 0.435. The number of aryl methyl sites for hydroxylation is 1. The van der Waals surface area contributed by atoms with E-state index in [0.29, 0.717) is 11.0 Å². The van der Waals surface area contributed by atoms with Gasteiger partial charge in [0.15, 0.2) is 0 Å². The summed E-state index contributed by atoms with van der Waals surface area (Å²) in [5, 5.41) is 2.61. The average molecular weight is 503 g/mol. The summed E-state index contributed by atoms with van der Waals surface area (Å²) in [6.45, 7) is 13.2. The summed E-state index contributed by atoms with van der Waals surface area (Å²) in [6.07, 6.45) is 0. The van der Waals surface area contributed by atoms with Crippen LogP contribution in [-0.4, -0.2) is 26.7 Å². The molecule has 0 spiro atoms. The summed E-state index contributed by atoms with van der Waals surface area (Å²) in [5.74, 6) is 0.844. The van der Waals surface area contributed by atoms with Gasteiger partial charge in [-0.3, -0.25) is 0 Å². The first kappa shape index (κ1) is 21.4. The van der Waals surface area contributed by atoms with Gasteiger partial charge >= 0.3 is 174 Å². The molecule has 0 unspecified atom stereocenters. The molecule has 28 heavy (non-hydrogen) atoms. The van der Waals surface area contributed by atoms with E-state index in [1.807, 2.05) is 19.1 Å². The molecule has 0 atom stereocenters. The van der Waals surface area contributed by atoms with Gasteiger partial charge in [0.25, 0.3) is 0 Å². The van der Waals surface area contributed by atoms with Crippen molar-refractivity contribution in [2.75, 3.05) is 0 Å². The Balaban J connectivity index is 2.41. The molecule has 0 aliphatic rings. The van der Waals surface area contributed by atoms with E-state index in [4.69, 9.17) is 8.84 Å². The van der Waals surface area contributed by atoms with E-state index >= 15 is 0 Å². The van der Waals surface area contributed by atoms with E-state index < -0.39 is 26.7 Å². The van der Waals surface area contributed by atoms with Crippen LogP contribution in [0.4, 0.5) is 0 Å². The zero-order valence-electron chi connectivity index (χ0n) is 18.6. The van der Waals surface area contributed by atoms with Crippen molar-refractivity contribution < 1.29 is 8.84 Å². The maximum atomic E-state index is 12.6. The molecule has 0 fully saturated rings. The summed E-state index contributed by atoms with van der Waals surface area (Å²) in [4.78, 5) is 19.8. The van der Waals surface area contributed by atoms with E-state index in [-0.39, 0.29) is 10.7 Å². The summed E-state index contributed by atoms with van der Waals surface area (Å²) in [7, 11) is -2.04. The molecule has 0 N–H and O–H groups in total. The van der Waals surface area contributed by atoms with Crippen molar-refractivity contribution in [3.63, 3.8) is 0 Å². The van der Waals surface area contributed by atoms with Crippen LogP contribution >= 0.6 is 0 Å². The van der Waals surface area contributed by atoms with Crippen molar-refractivity contribution in [2.24, 2.45) is 0 Å². The first-order valence-corrected chi connectivity index (χ1v) is 22.8. The number of fused-ring (bicyclic) bond motifs is 3. The third-order valence-electron chi connectivity index (χ3n) is 5.96. The van der Waals surface area contributed by atoms with Crippen molar-refractivity contribution in [1.82, 2.24) is 0 Å². The van der Waals surface area contributed by atoms with Gasteiger partial charge in [-0.2, -0.15) is 0 Å². The monoisotopic (exact) mass is 504 g/mol. The third-order valence-corrected chi connectivity index (χ3v) is 16.1. The summed E-state index contributed by atoms with van der Waals surface area (Å²) < 4.78 is 13.8. The van der Waals surface area contributed by atoms with Gasteiger partial charge in [0.05, 0.1) is 0 Å². The van der Waals surface area contributed by atoms with Crippen molar-refractivity contribution >= 4 is 52.0 Å². The van der Waals surface area contributed by atoms with Gasteiger partial charge in [-0.15, -0.1) is 0 Å². The minimum atomic E-state index is -2.30. The minimum absolute atomic E-state index is 0.0848. The average Bonchev–Trinajstić information content (AvgIpc) is 2.51. The first-order chi connectivity index (χ1) is 12.7. The maximum absolute atomic E-state index is 12.6. The zero-order valence-corrected chi connectivity index (χ0v) is 22.5. The Morgan fingerprint density at radius 3 is 2.21 bits per heavy atom. The van der Waals surface area contributed by atoms with Crippen LogP contribution in [-0.2, 0) is 0 Å². The molecule has 3 aromatic rings. The molecule has 3 nitrogen and oxygen atoms in total. The molecule has 5 heteroatoms. The molecule has 0 aliphatic carbocycles. The van der Waals surface area contributed by atoms with Gasteiger partial charge in [-0.1, -0.05) is 0 Å². The Morgan fingerprint density at radius 1 is 1.00 bits per heavy atom. The van der Waals surface area contributed by atoms with Crippen LogP contribution in [0.2, 0.25) is 33.0 Å². The van der Waals surface area contributed by atoms with Crippen LogP contribution in [0.3, 0.4) is 0 Å². The van der Waals surface area contributed by atoms with Crippen molar-refractivity contribution in [2.45, 2.75) is 60.6 Å². The second-order valence-electron chi connectivity index (χ2n) is 10.4. The van der Waals surface area contributed by atoms with Crippen LogP contribution in [0.1, 0.15) is 26.3 Å². The predicted molar refractivity (Wildman–Crippen MR) is 126 cm³/mol. The van der Waals surface area contributed by atoms with Gasteiger partial charge in [0, 0.05) is 0 Å². The number of hydrogen-bond acceptors (Lipinski definition) is 3. The normalized spacial score (nSPS) is 13.3. The van der Waals surface area contributed by atoms with Crippen LogP contribution in [0.25, 0.3) is 21.7 Å². The molecule has 0 radical (unpaired) electrons. The Labute approximate surface area is 173 Å². The molecule has 0 amide bonds. The van der Waals surface area contributed by atoms with E-state index in [9.17, 15) is 4.79 Å². The molecule has 3 rings (SSSR count). The van der Waals surface area contributed by atoms with E-state index in [2.05, 4.69) is 66.9 Å². The number of hydrogen-bond donors (Lipinski definition) is 0. The van der Waals surface area contributed by atoms with Crippen molar-refractivity contribution in [3.8, 4) is 5.75 Å². The second kappa shape index (κ2) is 6.90.